The van der Waals surface area contributed by atoms with Crippen LogP contribution in [0.5, 0.6) is 0 Å². The van der Waals surface area contributed by atoms with Crippen molar-refractivity contribution in [1.29, 1.82) is 0 Å². The number of aryl methyl sites for hydroxylation is 1. The maximum absolute atomic E-state index is 5.57. The van der Waals surface area contributed by atoms with Gasteiger partial charge >= 0.3 is 0 Å². The van der Waals surface area contributed by atoms with Crippen molar-refractivity contribution in [3.05, 3.63) is 18.3 Å². The predicted octanol–water partition coefficient (Wildman–Crippen LogP) is 1.11. The minimum Gasteiger partial charge on any atom is -0.439 e. The maximum atomic E-state index is 5.57. The van der Waals surface area contributed by atoms with Crippen molar-refractivity contribution in [1.82, 2.24) is 9.97 Å². The van der Waals surface area contributed by atoms with Crippen molar-refractivity contribution >= 4 is 16.8 Å². The van der Waals surface area contributed by atoms with Crippen LogP contribution in [0.1, 0.15) is 5.89 Å². The summed E-state index contributed by atoms with van der Waals surface area (Å²) in [6, 6.07) is 0. The van der Waals surface area contributed by atoms with Crippen LogP contribution in [0.2, 0.25) is 0 Å². The lowest BCUT2D eigenvalue weighted by molar-refractivity contribution is 0.562. The monoisotopic (exact) mass is 149 g/mol. The summed E-state index contributed by atoms with van der Waals surface area (Å²) in [7, 11) is 0. The van der Waals surface area contributed by atoms with E-state index < -0.39 is 0 Å². The highest BCUT2D eigenvalue weighted by Crippen LogP contribution is 2.19. The van der Waals surface area contributed by atoms with E-state index in [1.807, 2.05) is 0 Å². The number of aromatic nitrogens is 2. The highest BCUT2D eigenvalue weighted by Gasteiger charge is 2.03. The number of oxazole rings is 1. The average molecular weight is 149 g/mol. The topological polar surface area (TPSA) is 64.9 Å². The molecule has 2 aromatic heterocycles. The number of rotatable bonds is 0. The molecule has 0 amide bonds. The van der Waals surface area contributed by atoms with E-state index in [9.17, 15) is 0 Å². The third kappa shape index (κ3) is 0.832. The van der Waals surface area contributed by atoms with E-state index in [1.165, 1.54) is 0 Å². The molecule has 0 unspecified atom stereocenters. The zero-order chi connectivity index (χ0) is 7.84. The van der Waals surface area contributed by atoms with Gasteiger partial charge < -0.3 is 10.2 Å². The zero-order valence-electron chi connectivity index (χ0n) is 6.03. The molecule has 2 N–H and O–H groups in total. The third-order valence-corrected chi connectivity index (χ3v) is 1.43. The second-order valence-electron chi connectivity index (χ2n) is 2.31. The molecular formula is C7H7N3O. The van der Waals surface area contributed by atoms with E-state index in [0.717, 1.165) is 0 Å². The molecule has 0 bridgehead atoms. The van der Waals surface area contributed by atoms with Crippen LogP contribution in [-0.2, 0) is 0 Å². The van der Waals surface area contributed by atoms with E-state index in [4.69, 9.17) is 10.2 Å². The van der Waals surface area contributed by atoms with Crippen molar-refractivity contribution in [2.75, 3.05) is 5.73 Å². The summed E-state index contributed by atoms with van der Waals surface area (Å²) < 4.78 is 5.22. The van der Waals surface area contributed by atoms with Gasteiger partial charge in [0.15, 0.2) is 11.5 Å². The van der Waals surface area contributed by atoms with Gasteiger partial charge in [-0.2, -0.15) is 0 Å². The van der Waals surface area contributed by atoms with E-state index in [-0.39, 0.29) is 0 Å². The van der Waals surface area contributed by atoms with Gasteiger partial charge in [-0.1, -0.05) is 0 Å². The van der Waals surface area contributed by atoms with Gasteiger partial charge in [-0.05, 0) is 0 Å². The molecule has 56 valence electrons. The molecular weight excluding hydrogens is 142 g/mol. The van der Waals surface area contributed by atoms with Gasteiger partial charge in [-0.3, -0.25) is 4.98 Å². The van der Waals surface area contributed by atoms with Gasteiger partial charge in [0.2, 0.25) is 0 Å². The minimum absolute atomic E-state index is 0.531. The fourth-order valence-electron chi connectivity index (χ4n) is 0.984. The molecule has 11 heavy (non-hydrogen) atoms. The summed E-state index contributed by atoms with van der Waals surface area (Å²) >= 11 is 0. The Bertz CT molecular complexity index is 393. The van der Waals surface area contributed by atoms with Gasteiger partial charge in [0.05, 0.1) is 18.1 Å². The first kappa shape index (κ1) is 6.15. The van der Waals surface area contributed by atoms with Crippen LogP contribution in [0.3, 0.4) is 0 Å². The lowest BCUT2D eigenvalue weighted by Gasteiger charge is -1.88. The van der Waals surface area contributed by atoms with Gasteiger partial charge in [0.1, 0.15) is 5.52 Å². The zero-order valence-corrected chi connectivity index (χ0v) is 6.03. The number of fused-ring (bicyclic) bond motifs is 1. The lowest BCUT2D eigenvalue weighted by atomic mass is 10.4. The Morgan fingerprint density at radius 2 is 2.27 bits per heavy atom. The maximum Gasteiger partial charge on any atom is 0.192 e. The van der Waals surface area contributed by atoms with Crippen LogP contribution in [-0.4, -0.2) is 9.97 Å². The molecule has 0 saturated carbocycles. The molecule has 0 aliphatic heterocycles. The van der Waals surface area contributed by atoms with Gasteiger partial charge in [0.25, 0.3) is 0 Å². The number of anilines is 1. The standard InChI is InChI=1S/C7H7N3O/c1-4-10-6-3-9-2-5(8)7(6)11-4/h2-3H,8H2,1H3. The molecule has 4 heteroatoms. The quantitative estimate of drug-likeness (QED) is 0.609. The smallest absolute Gasteiger partial charge is 0.192 e. The van der Waals surface area contributed by atoms with Crippen LogP contribution in [0.25, 0.3) is 11.1 Å². The molecule has 0 saturated heterocycles. The average Bonchev–Trinajstić information content (AvgIpc) is 2.31. The first-order chi connectivity index (χ1) is 5.27. The molecule has 0 spiro atoms. The molecule has 0 aliphatic rings. The summed E-state index contributed by atoms with van der Waals surface area (Å²) in [5.41, 5.74) is 7.44. The Morgan fingerprint density at radius 3 is 3.00 bits per heavy atom. The Labute approximate surface area is 63.1 Å². The summed E-state index contributed by atoms with van der Waals surface area (Å²) in [6.45, 7) is 1.78. The van der Waals surface area contributed by atoms with Crippen LogP contribution < -0.4 is 5.73 Å². The van der Waals surface area contributed by atoms with Crippen molar-refractivity contribution < 1.29 is 4.42 Å². The number of pyridine rings is 1. The van der Waals surface area contributed by atoms with Crippen LogP contribution in [0, 0.1) is 6.92 Å². The number of nitrogens with zero attached hydrogens (tertiary/aromatic N) is 2. The molecule has 2 heterocycles. The first-order valence-electron chi connectivity index (χ1n) is 3.24. The fraction of sp³-hybridized carbons (Fsp3) is 0.143. The second kappa shape index (κ2) is 1.95. The number of hydrogen-bond acceptors (Lipinski definition) is 4. The molecule has 2 rings (SSSR count). The van der Waals surface area contributed by atoms with E-state index in [2.05, 4.69) is 9.97 Å². The summed E-state index contributed by atoms with van der Waals surface area (Å²) in [5, 5.41) is 0. The molecule has 2 aromatic rings. The molecule has 0 radical (unpaired) electrons. The van der Waals surface area contributed by atoms with Crippen LogP contribution in [0.4, 0.5) is 5.69 Å². The van der Waals surface area contributed by atoms with Gasteiger partial charge in [0, 0.05) is 6.92 Å². The Hall–Kier alpha value is -1.58. The van der Waals surface area contributed by atoms with Crippen LogP contribution in [0.15, 0.2) is 16.8 Å². The van der Waals surface area contributed by atoms with Crippen molar-refractivity contribution in [3.63, 3.8) is 0 Å². The molecule has 4 nitrogen and oxygen atoms in total. The minimum atomic E-state index is 0.531. The van der Waals surface area contributed by atoms with Crippen molar-refractivity contribution in [2.24, 2.45) is 0 Å². The highest BCUT2D eigenvalue weighted by atomic mass is 16.3. The summed E-state index contributed by atoms with van der Waals surface area (Å²) in [5.74, 6) is 0.611. The fourth-order valence-corrected chi connectivity index (χ4v) is 0.984. The Morgan fingerprint density at radius 1 is 1.45 bits per heavy atom. The molecule has 0 atom stereocenters. The number of nitrogens with two attached hydrogens (primary N) is 1. The van der Waals surface area contributed by atoms with Gasteiger partial charge in [-0.15, -0.1) is 0 Å². The number of hydrogen-bond donors (Lipinski definition) is 1. The third-order valence-electron chi connectivity index (χ3n) is 1.43. The molecule has 0 aromatic carbocycles. The lowest BCUT2D eigenvalue weighted by Crippen LogP contribution is -1.85. The predicted molar refractivity (Wildman–Crippen MR) is 41.0 cm³/mol. The second-order valence-corrected chi connectivity index (χ2v) is 2.31. The van der Waals surface area contributed by atoms with Crippen LogP contribution >= 0.6 is 0 Å². The van der Waals surface area contributed by atoms with Gasteiger partial charge in [-0.25, -0.2) is 4.98 Å². The highest BCUT2D eigenvalue weighted by molar-refractivity contribution is 5.83. The van der Waals surface area contributed by atoms with E-state index in [1.54, 1.807) is 19.3 Å². The van der Waals surface area contributed by atoms with Crippen molar-refractivity contribution in [3.8, 4) is 0 Å². The normalized spacial score (nSPS) is 10.6. The first-order valence-corrected chi connectivity index (χ1v) is 3.24. The largest absolute Gasteiger partial charge is 0.439 e. The summed E-state index contributed by atoms with van der Waals surface area (Å²) in [6.07, 6.45) is 3.18. The molecule has 0 fully saturated rings. The number of nitrogen functional groups attached to an aromatic ring is 1. The summed E-state index contributed by atoms with van der Waals surface area (Å²) in [4.78, 5) is 7.94. The van der Waals surface area contributed by atoms with Crippen molar-refractivity contribution in [2.45, 2.75) is 6.92 Å². The van der Waals surface area contributed by atoms with E-state index in [0.29, 0.717) is 22.7 Å². The Kier molecular flexibility index (Phi) is 1.09. The Balaban J connectivity index is 2.90. The molecule has 0 aliphatic carbocycles. The van der Waals surface area contributed by atoms with E-state index >= 15 is 0 Å². The SMILES string of the molecule is Cc1nc2cncc(N)c2o1.